The van der Waals surface area contributed by atoms with Gasteiger partial charge in [-0.2, -0.15) is 0 Å². The van der Waals surface area contributed by atoms with Crippen LogP contribution in [0, 0.1) is 0 Å². The number of thioether (sulfide) groups is 1. The Morgan fingerprint density at radius 2 is 1.27 bits per heavy atom. The highest BCUT2D eigenvalue weighted by Crippen LogP contribution is 2.42. The third-order valence-electron chi connectivity index (χ3n) is 7.45. The second-order valence-corrected chi connectivity index (χ2v) is 13.8. The van der Waals surface area contributed by atoms with E-state index in [9.17, 15) is 5.11 Å². The fraction of sp³-hybridized carbons (Fsp3) is 0.471. The number of unbranched alkanes of at least 4 members (excludes halogenated alkanes) is 3. The first-order valence-electron chi connectivity index (χ1n) is 14.0. The standard InChI is InChI=1S/C34H45NOS/c1-33(2,3)30-22-29(23-31(32(30)36)34(4,5)6)37-18-12-8-7-11-17-35-28-16-15-26-19-24-13-9-10-14-25(24)20-27(26)21-28/h9-10,13-16,21-23,35-36H,7-8,11-12,17-20H2,1-6H3. The normalized spacial score (nSPS) is 13.2. The molecule has 1 aliphatic carbocycles. The van der Waals surface area contributed by atoms with E-state index in [-0.39, 0.29) is 10.8 Å². The minimum Gasteiger partial charge on any atom is -0.507 e. The smallest absolute Gasteiger partial charge is 0.123 e. The summed E-state index contributed by atoms with van der Waals surface area (Å²) < 4.78 is 0. The summed E-state index contributed by atoms with van der Waals surface area (Å²) in [6, 6.07) is 20.2. The third kappa shape index (κ3) is 7.13. The molecule has 0 fully saturated rings. The van der Waals surface area contributed by atoms with Crippen molar-refractivity contribution in [1.29, 1.82) is 0 Å². The van der Waals surface area contributed by atoms with E-state index in [1.54, 1.807) is 0 Å². The Morgan fingerprint density at radius 1 is 0.703 bits per heavy atom. The van der Waals surface area contributed by atoms with Crippen molar-refractivity contribution < 1.29 is 5.11 Å². The van der Waals surface area contributed by atoms with Gasteiger partial charge in [-0.1, -0.05) is 84.7 Å². The van der Waals surface area contributed by atoms with Gasteiger partial charge in [-0.05, 0) is 88.8 Å². The van der Waals surface area contributed by atoms with E-state index in [0.717, 1.165) is 36.3 Å². The summed E-state index contributed by atoms with van der Waals surface area (Å²) in [6.45, 7) is 14.1. The van der Waals surface area contributed by atoms with E-state index in [4.69, 9.17) is 0 Å². The molecule has 0 atom stereocenters. The first-order chi connectivity index (χ1) is 17.5. The quantitative estimate of drug-likeness (QED) is 0.172. The minimum atomic E-state index is -0.0732. The number of anilines is 1. The predicted octanol–water partition coefficient (Wildman–Crippen LogP) is 9.25. The maximum absolute atomic E-state index is 10.9. The molecule has 0 spiro atoms. The van der Waals surface area contributed by atoms with Crippen LogP contribution in [0.25, 0.3) is 0 Å². The average molecular weight is 516 g/mol. The topological polar surface area (TPSA) is 32.3 Å². The summed E-state index contributed by atoms with van der Waals surface area (Å²) in [7, 11) is 0. The lowest BCUT2D eigenvalue weighted by Crippen LogP contribution is -2.17. The molecule has 0 bridgehead atoms. The fourth-order valence-corrected chi connectivity index (χ4v) is 6.21. The summed E-state index contributed by atoms with van der Waals surface area (Å²) in [5, 5.41) is 14.6. The van der Waals surface area contributed by atoms with Crippen molar-refractivity contribution in [2.75, 3.05) is 17.6 Å². The van der Waals surface area contributed by atoms with Crippen LogP contribution in [0.1, 0.15) is 101 Å². The number of aromatic hydroxyl groups is 1. The second kappa shape index (κ2) is 11.6. The van der Waals surface area contributed by atoms with Crippen molar-refractivity contribution in [3.05, 3.63) is 88.0 Å². The molecule has 37 heavy (non-hydrogen) atoms. The Labute approximate surface area is 229 Å². The molecular formula is C34H45NOS. The van der Waals surface area contributed by atoms with Gasteiger partial charge in [0.2, 0.25) is 0 Å². The van der Waals surface area contributed by atoms with E-state index in [0.29, 0.717) is 5.75 Å². The van der Waals surface area contributed by atoms with E-state index in [1.807, 2.05) is 11.8 Å². The van der Waals surface area contributed by atoms with Gasteiger partial charge in [0.1, 0.15) is 5.75 Å². The number of phenols is 1. The van der Waals surface area contributed by atoms with E-state index >= 15 is 0 Å². The molecule has 198 valence electrons. The molecule has 0 amide bonds. The van der Waals surface area contributed by atoms with E-state index in [1.165, 1.54) is 58.5 Å². The molecule has 0 heterocycles. The molecule has 4 rings (SSSR count). The van der Waals surface area contributed by atoms with Crippen molar-refractivity contribution in [3.8, 4) is 5.75 Å². The fourth-order valence-electron chi connectivity index (χ4n) is 5.22. The molecule has 2 nitrogen and oxygen atoms in total. The largest absolute Gasteiger partial charge is 0.507 e. The van der Waals surface area contributed by atoms with Crippen LogP contribution in [-0.4, -0.2) is 17.4 Å². The van der Waals surface area contributed by atoms with Gasteiger partial charge >= 0.3 is 0 Å². The summed E-state index contributed by atoms with van der Waals surface area (Å²) in [5.74, 6) is 1.60. The van der Waals surface area contributed by atoms with Crippen molar-refractivity contribution in [2.24, 2.45) is 0 Å². The number of hydrogen-bond donors (Lipinski definition) is 2. The maximum atomic E-state index is 10.9. The highest BCUT2D eigenvalue weighted by atomic mass is 32.2. The zero-order valence-corrected chi connectivity index (χ0v) is 24.5. The Kier molecular flexibility index (Phi) is 8.63. The van der Waals surface area contributed by atoms with Crippen LogP contribution in [0.4, 0.5) is 5.69 Å². The molecule has 0 aromatic heterocycles. The molecule has 1 aliphatic rings. The van der Waals surface area contributed by atoms with Gasteiger partial charge in [0.15, 0.2) is 0 Å². The number of nitrogens with one attached hydrogen (secondary N) is 1. The van der Waals surface area contributed by atoms with Crippen molar-refractivity contribution in [3.63, 3.8) is 0 Å². The molecule has 0 radical (unpaired) electrons. The number of fused-ring (bicyclic) bond motifs is 2. The van der Waals surface area contributed by atoms with Gasteiger partial charge < -0.3 is 10.4 Å². The van der Waals surface area contributed by atoms with Gasteiger partial charge in [-0.3, -0.25) is 0 Å². The van der Waals surface area contributed by atoms with Gasteiger partial charge in [0.05, 0.1) is 0 Å². The maximum Gasteiger partial charge on any atom is 0.123 e. The van der Waals surface area contributed by atoms with Crippen molar-refractivity contribution in [2.45, 2.75) is 95.8 Å². The predicted molar refractivity (Wildman–Crippen MR) is 162 cm³/mol. The van der Waals surface area contributed by atoms with Gasteiger partial charge in [-0.25, -0.2) is 0 Å². The van der Waals surface area contributed by atoms with Crippen LogP contribution in [0.3, 0.4) is 0 Å². The SMILES string of the molecule is CC(C)(C)c1cc(SCCCCCCNc2ccc3c(c2)Cc2ccccc2C3)cc(C(C)(C)C)c1O. The van der Waals surface area contributed by atoms with Crippen molar-refractivity contribution in [1.82, 2.24) is 0 Å². The third-order valence-corrected chi connectivity index (χ3v) is 8.52. The van der Waals surface area contributed by atoms with Crippen LogP contribution in [0.2, 0.25) is 0 Å². The summed E-state index contributed by atoms with van der Waals surface area (Å²) in [5.41, 5.74) is 9.11. The zero-order valence-electron chi connectivity index (χ0n) is 23.7. The zero-order chi connectivity index (χ0) is 26.6. The number of phenolic OH excluding ortho intramolecular Hbond substituents is 1. The molecule has 0 saturated carbocycles. The lowest BCUT2D eigenvalue weighted by atomic mass is 9.79. The molecule has 0 aliphatic heterocycles. The number of benzene rings is 3. The minimum absolute atomic E-state index is 0.0732. The van der Waals surface area contributed by atoms with Gasteiger partial charge in [0.25, 0.3) is 0 Å². The molecule has 3 heteroatoms. The lowest BCUT2D eigenvalue weighted by Gasteiger charge is -2.28. The van der Waals surface area contributed by atoms with Crippen LogP contribution >= 0.6 is 11.8 Å². The molecule has 0 unspecified atom stereocenters. The first-order valence-corrected chi connectivity index (χ1v) is 14.9. The molecule has 0 saturated heterocycles. The average Bonchev–Trinajstić information content (AvgIpc) is 2.83. The Hall–Kier alpha value is -2.39. The first kappa shape index (κ1) is 27.6. The van der Waals surface area contributed by atoms with Crippen LogP contribution in [0.15, 0.2) is 59.5 Å². The van der Waals surface area contributed by atoms with E-state index < -0.39 is 0 Å². The molecule has 3 aromatic rings. The van der Waals surface area contributed by atoms with Crippen molar-refractivity contribution >= 4 is 17.4 Å². The van der Waals surface area contributed by atoms with Crippen LogP contribution in [-0.2, 0) is 23.7 Å². The van der Waals surface area contributed by atoms with Crippen LogP contribution < -0.4 is 5.32 Å². The lowest BCUT2D eigenvalue weighted by molar-refractivity contribution is 0.422. The molecule has 2 N–H and O–H groups in total. The summed E-state index contributed by atoms with van der Waals surface area (Å²) in [6.07, 6.45) is 7.04. The van der Waals surface area contributed by atoms with E-state index in [2.05, 4.69) is 101 Å². The van der Waals surface area contributed by atoms with Gasteiger partial charge in [-0.15, -0.1) is 11.8 Å². The highest BCUT2D eigenvalue weighted by Gasteiger charge is 2.26. The Bertz CT molecular complexity index is 1180. The monoisotopic (exact) mass is 515 g/mol. The highest BCUT2D eigenvalue weighted by molar-refractivity contribution is 7.99. The second-order valence-electron chi connectivity index (χ2n) is 12.7. The summed E-state index contributed by atoms with van der Waals surface area (Å²) >= 11 is 1.93. The molecule has 3 aromatic carbocycles. The summed E-state index contributed by atoms with van der Waals surface area (Å²) in [4.78, 5) is 1.28. The number of rotatable bonds is 9. The molecular weight excluding hydrogens is 470 g/mol. The Morgan fingerprint density at radius 3 is 1.89 bits per heavy atom. The van der Waals surface area contributed by atoms with Gasteiger partial charge in [0, 0.05) is 28.3 Å². The van der Waals surface area contributed by atoms with Crippen LogP contribution in [0.5, 0.6) is 5.75 Å². The Balaban J connectivity index is 1.20. The number of hydrogen-bond acceptors (Lipinski definition) is 3.